The maximum atomic E-state index is 12.8. The normalized spacial score (nSPS) is 14.7. The highest BCUT2D eigenvalue weighted by Crippen LogP contribution is 2.20. The molecule has 0 atom stereocenters. The number of carbonyl (C=O) groups excluding carboxylic acids is 2. The van der Waals surface area contributed by atoms with Crippen LogP contribution in [0.4, 0.5) is 0 Å². The quantitative estimate of drug-likeness (QED) is 0.865. The Hall–Kier alpha value is -2.69. The van der Waals surface area contributed by atoms with Gasteiger partial charge in [-0.05, 0) is 23.3 Å². The van der Waals surface area contributed by atoms with Crippen molar-refractivity contribution >= 4 is 11.8 Å². The summed E-state index contributed by atoms with van der Waals surface area (Å²) in [5.41, 5.74) is 2.49. The molecule has 130 valence electrons. The fourth-order valence-corrected chi connectivity index (χ4v) is 3.01. The molecule has 1 saturated heterocycles. The van der Waals surface area contributed by atoms with Gasteiger partial charge in [0.15, 0.2) is 0 Å². The summed E-state index contributed by atoms with van der Waals surface area (Å²) in [5.74, 6) is 0.0669. The molecule has 1 fully saturated rings. The van der Waals surface area contributed by atoms with Crippen LogP contribution in [-0.2, 0) is 4.79 Å². The van der Waals surface area contributed by atoms with Gasteiger partial charge in [-0.25, -0.2) is 0 Å². The summed E-state index contributed by atoms with van der Waals surface area (Å²) >= 11 is 0. The molecule has 0 saturated carbocycles. The van der Waals surface area contributed by atoms with Gasteiger partial charge in [-0.1, -0.05) is 44.2 Å². The lowest BCUT2D eigenvalue weighted by Crippen LogP contribution is -2.51. The number of hydrogen-bond acceptors (Lipinski definition) is 3. The Morgan fingerprint density at radius 3 is 2.20 bits per heavy atom. The molecular formula is C20H23N3O2. The van der Waals surface area contributed by atoms with Crippen LogP contribution in [0.1, 0.15) is 24.3 Å². The molecule has 2 heterocycles. The molecule has 1 aromatic carbocycles. The lowest BCUT2D eigenvalue weighted by atomic mass is 10.1. The van der Waals surface area contributed by atoms with Crippen LogP contribution >= 0.6 is 0 Å². The highest BCUT2D eigenvalue weighted by atomic mass is 16.2. The van der Waals surface area contributed by atoms with Crippen LogP contribution in [0.2, 0.25) is 0 Å². The molecule has 2 amide bonds. The van der Waals surface area contributed by atoms with Crippen LogP contribution in [0, 0.1) is 5.92 Å². The molecule has 0 radical (unpaired) electrons. The van der Waals surface area contributed by atoms with E-state index in [0.717, 1.165) is 11.1 Å². The van der Waals surface area contributed by atoms with Crippen molar-refractivity contribution in [3.63, 3.8) is 0 Å². The number of aromatic nitrogens is 1. The van der Waals surface area contributed by atoms with E-state index in [0.29, 0.717) is 31.9 Å². The minimum absolute atomic E-state index is 0.00790. The molecule has 0 N–H and O–H groups in total. The zero-order valence-corrected chi connectivity index (χ0v) is 14.7. The van der Waals surface area contributed by atoms with Gasteiger partial charge >= 0.3 is 0 Å². The molecule has 25 heavy (non-hydrogen) atoms. The Bertz CT molecular complexity index is 751. The second-order valence-corrected chi connectivity index (χ2v) is 6.57. The molecule has 0 bridgehead atoms. The number of nitrogens with zero attached hydrogens (tertiary/aromatic N) is 3. The van der Waals surface area contributed by atoms with E-state index in [4.69, 9.17) is 0 Å². The number of amides is 2. The van der Waals surface area contributed by atoms with Gasteiger partial charge in [-0.3, -0.25) is 14.6 Å². The predicted octanol–water partition coefficient (Wildman–Crippen LogP) is 2.69. The maximum absolute atomic E-state index is 12.8. The van der Waals surface area contributed by atoms with Gasteiger partial charge in [0.1, 0.15) is 5.69 Å². The first-order chi connectivity index (χ1) is 12.1. The first kappa shape index (κ1) is 17.1. The van der Waals surface area contributed by atoms with Crippen LogP contribution in [0.15, 0.2) is 48.7 Å². The van der Waals surface area contributed by atoms with Crippen molar-refractivity contribution < 1.29 is 9.59 Å². The third kappa shape index (κ3) is 3.87. The lowest BCUT2D eigenvalue weighted by molar-refractivity contribution is -0.135. The monoisotopic (exact) mass is 337 g/mol. The average Bonchev–Trinajstić information content (AvgIpc) is 2.67. The molecule has 1 aromatic heterocycles. The van der Waals surface area contributed by atoms with Crippen molar-refractivity contribution in [2.24, 2.45) is 5.92 Å². The van der Waals surface area contributed by atoms with Gasteiger partial charge in [0, 0.05) is 38.3 Å². The average molecular weight is 337 g/mol. The van der Waals surface area contributed by atoms with Gasteiger partial charge in [0.2, 0.25) is 5.91 Å². The zero-order chi connectivity index (χ0) is 17.8. The van der Waals surface area contributed by atoms with Gasteiger partial charge in [-0.2, -0.15) is 0 Å². The van der Waals surface area contributed by atoms with Gasteiger partial charge in [0.25, 0.3) is 5.91 Å². The molecule has 3 rings (SSSR count). The second-order valence-electron chi connectivity index (χ2n) is 6.57. The van der Waals surface area contributed by atoms with E-state index < -0.39 is 0 Å². The Labute approximate surface area is 148 Å². The summed E-state index contributed by atoms with van der Waals surface area (Å²) in [5, 5.41) is 0. The predicted molar refractivity (Wildman–Crippen MR) is 97.0 cm³/mol. The third-order valence-electron chi connectivity index (χ3n) is 4.46. The number of carbonyl (C=O) groups is 2. The number of piperazine rings is 1. The molecule has 0 unspecified atom stereocenters. The Morgan fingerprint density at radius 2 is 1.56 bits per heavy atom. The van der Waals surface area contributed by atoms with E-state index in [1.165, 1.54) is 0 Å². The van der Waals surface area contributed by atoms with Crippen molar-refractivity contribution in [3.8, 4) is 11.1 Å². The molecule has 5 heteroatoms. The summed E-state index contributed by atoms with van der Waals surface area (Å²) in [7, 11) is 0. The molecule has 1 aliphatic rings. The van der Waals surface area contributed by atoms with Gasteiger partial charge in [0.05, 0.1) is 0 Å². The van der Waals surface area contributed by atoms with Crippen molar-refractivity contribution in [2.45, 2.75) is 13.8 Å². The van der Waals surface area contributed by atoms with Crippen LogP contribution in [0.3, 0.4) is 0 Å². The van der Waals surface area contributed by atoms with Crippen LogP contribution < -0.4 is 0 Å². The van der Waals surface area contributed by atoms with E-state index in [9.17, 15) is 9.59 Å². The summed E-state index contributed by atoms with van der Waals surface area (Å²) in [6.07, 6.45) is 1.67. The van der Waals surface area contributed by atoms with E-state index in [2.05, 4.69) is 4.98 Å². The minimum Gasteiger partial charge on any atom is -0.339 e. The van der Waals surface area contributed by atoms with Crippen molar-refractivity contribution in [3.05, 3.63) is 54.4 Å². The van der Waals surface area contributed by atoms with Crippen molar-refractivity contribution in [1.82, 2.24) is 14.8 Å². The third-order valence-corrected chi connectivity index (χ3v) is 4.46. The molecular weight excluding hydrogens is 314 g/mol. The van der Waals surface area contributed by atoms with E-state index in [1.807, 2.05) is 61.2 Å². The first-order valence-electron chi connectivity index (χ1n) is 8.66. The standard InChI is InChI=1S/C20H23N3O2/c1-15(2)19(24)22-10-12-23(13-11-22)20(25)18-14-17(8-9-21-18)16-6-4-3-5-7-16/h3-9,14-15H,10-13H2,1-2H3. The maximum Gasteiger partial charge on any atom is 0.272 e. The fraction of sp³-hybridized carbons (Fsp3) is 0.350. The van der Waals surface area contributed by atoms with Crippen molar-refractivity contribution in [2.75, 3.05) is 26.2 Å². The largest absolute Gasteiger partial charge is 0.339 e. The van der Waals surface area contributed by atoms with Gasteiger partial charge < -0.3 is 9.80 Å². The number of benzene rings is 1. The molecule has 5 nitrogen and oxygen atoms in total. The Balaban J connectivity index is 1.69. The molecule has 1 aliphatic heterocycles. The van der Waals surface area contributed by atoms with E-state index in [-0.39, 0.29) is 17.7 Å². The molecule has 2 aromatic rings. The first-order valence-corrected chi connectivity index (χ1v) is 8.66. The van der Waals surface area contributed by atoms with Crippen LogP contribution in [0.5, 0.6) is 0 Å². The highest BCUT2D eigenvalue weighted by Gasteiger charge is 2.26. The van der Waals surface area contributed by atoms with Crippen molar-refractivity contribution in [1.29, 1.82) is 0 Å². The zero-order valence-electron chi connectivity index (χ0n) is 14.7. The Kier molecular flexibility index (Phi) is 5.12. The minimum atomic E-state index is -0.0746. The number of hydrogen-bond donors (Lipinski definition) is 0. The topological polar surface area (TPSA) is 53.5 Å². The van der Waals surface area contributed by atoms with Crippen LogP contribution in [0.25, 0.3) is 11.1 Å². The smallest absolute Gasteiger partial charge is 0.272 e. The lowest BCUT2D eigenvalue weighted by Gasteiger charge is -2.35. The Morgan fingerprint density at radius 1 is 0.920 bits per heavy atom. The molecule has 0 spiro atoms. The molecule has 0 aliphatic carbocycles. The van der Waals surface area contributed by atoms with Crippen LogP contribution in [-0.4, -0.2) is 52.8 Å². The summed E-state index contributed by atoms with van der Waals surface area (Å²) in [4.78, 5) is 32.7. The fourth-order valence-electron chi connectivity index (χ4n) is 3.01. The van der Waals surface area contributed by atoms with Gasteiger partial charge in [-0.15, -0.1) is 0 Å². The second kappa shape index (κ2) is 7.47. The van der Waals surface area contributed by atoms with E-state index in [1.54, 1.807) is 11.1 Å². The number of pyridine rings is 1. The summed E-state index contributed by atoms with van der Waals surface area (Å²) in [6.45, 7) is 6.07. The van der Waals surface area contributed by atoms with E-state index >= 15 is 0 Å². The SMILES string of the molecule is CC(C)C(=O)N1CCN(C(=O)c2cc(-c3ccccc3)ccn2)CC1. The number of rotatable bonds is 3. The summed E-state index contributed by atoms with van der Waals surface area (Å²) < 4.78 is 0. The highest BCUT2D eigenvalue weighted by molar-refractivity contribution is 5.93. The summed E-state index contributed by atoms with van der Waals surface area (Å²) in [6, 6.07) is 13.7.